The summed E-state index contributed by atoms with van der Waals surface area (Å²) in [5, 5.41) is 0. The van der Waals surface area contributed by atoms with E-state index in [1.54, 1.807) is 22.3 Å². The molecule has 1 nitrogen and oxygen atoms in total. The Morgan fingerprint density at radius 3 is 2.26 bits per heavy atom. The number of benzene rings is 2. The highest BCUT2D eigenvalue weighted by molar-refractivity contribution is 5.83. The second-order valence-electron chi connectivity index (χ2n) is 10.2. The lowest BCUT2D eigenvalue weighted by molar-refractivity contribution is 0.403. The van der Waals surface area contributed by atoms with Crippen LogP contribution in [0, 0.1) is 0 Å². The summed E-state index contributed by atoms with van der Waals surface area (Å²) in [6.07, 6.45) is 14.9. The molecule has 2 atom stereocenters. The van der Waals surface area contributed by atoms with Crippen LogP contribution in [0.25, 0.3) is 17.2 Å². The lowest BCUT2D eigenvalue weighted by Gasteiger charge is -2.25. The molecule has 5 rings (SSSR count). The zero-order valence-corrected chi connectivity index (χ0v) is 19.9. The number of allylic oxidation sites excluding steroid dienone is 1. The summed E-state index contributed by atoms with van der Waals surface area (Å²) in [6.45, 7) is 6.88. The number of unbranched alkanes of at least 4 members (excludes halogenated alkanes) is 2. The average molecular weight is 415 g/mol. The zero-order valence-electron chi connectivity index (χ0n) is 19.9. The van der Waals surface area contributed by atoms with Crippen molar-refractivity contribution in [3.63, 3.8) is 0 Å². The summed E-state index contributed by atoms with van der Waals surface area (Å²) in [4.78, 5) is 0. The van der Waals surface area contributed by atoms with Gasteiger partial charge in [-0.3, -0.25) is 0 Å². The fraction of sp³-hybridized carbons (Fsp3) is 0.533. The number of hydrogen-bond donors (Lipinski definition) is 0. The van der Waals surface area contributed by atoms with E-state index in [1.807, 2.05) is 7.11 Å². The Morgan fingerprint density at radius 2 is 1.61 bits per heavy atom. The number of ether oxygens (including phenoxy) is 1. The van der Waals surface area contributed by atoms with Crippen molar-refractivity contribution in [3.05, 3.63) is 57.2 Å². The monoisotopic (exact) mass is 414 g/mol. The first kappa shape index (κ1) is 20.9. The summed E-state index contributed by atoms with van der Waals surface area (Å²) in [7, 11) is 1.87. The van der Waals surface area contributed by atoms with Crippen LogP contribution in [-0.4, -0.2) is 7.11 Å². The Labute approximate surface area is 188 Å². The molecule has 1 fully saturated rings. The van der Waals surface area contributed by atoms with Crippen LogP contribution in [0.15, 0.2) is 23.8 Å². The van der Waals surface area contributed by atoms with Gasteiger partial charge in [0.25, 0.3) is 0 Å². The van der Waals surface area contributed by atoms with Crippen molar-refractivity contribution in [1.82, 2.24) is 0 Å². The molecule has 0 aromatic heterocycles. The molecule has 2 bridgehead atoms. The maximum Gasteiger partial charge on any atom is 0.125 e. The van der Waals surface area contributed by atoms with Crippen molar-refractivity contribution >= 4 is 6.08 Å². The maximum absolute atomic E-state index is 6.00. The van der Waals surface area contributed by atoms with E-state index < -0.39 is 0 Å². The summed E-state index contributed by atoms with van der Waals surface area (Å²) < 4.78 is 6.00. The first-order chi connectivity index (χ1) is 15.1. The summed E-state index contributed by atoms with van der Waals surface area (Å²) in [5.41, 5.74) is 13.9. The molecule has 0 amide bonds. The van der Waals surface area contributed by atoms with Gasteiger partial charge in [0.15, 0.2) is 0 Å². The van der Waals surface area contributed by atoms with Crippen LogP contribution in [0.3, 0.4) is 0 Å². The van der Waals surface area contributed by atoms with Crippen LogP contribution in [0.2, 0.25) is 0 Å². The van der Waals surface area contributed by atoms with Gasteiger partial charge in [-0.05, 0) is 127 Å². The van der Waals surface area contributed by atoms with Crippen molar-refractivity contribution in [3.8, 4) is 16.9 Å². The van der Waals surface area contributed by atoms with E-state index in [0.717, 1.165) is 36.8 Å². The molecular weight excluding hydrogens is 376 g/mol. The van der Waals surface area contributed by atoms with E-state index in [2.05, 4.69) is 45.0 Å². The average Bonchev–Trinajstić information content (AvgIpc) is 3.48. The lowest BCUT2D eigenvalue weighted by Crippen LogP contribution is -2.06. The van der Waals surface area contributed by atoms with Crippen LogP contribution >= 0.6 is 0 Å². The third-order valence-electron chi connectivity index (χ3n) is 8.01. The summed E-state index contributed by atoms with van der Waals surface area (Å²) in [6, 6.07) is 7.56. The molecule has 3 aliphatic carbocycles. The molecule has 3 aliphatic rings. The molecule has 0 saturated heterocycles. The number of hydrogen-bond acceptors (Lipinski definition) is 1. The molecule has 2 unspecified atom stereocenters. The third-order valence-corrected chi connectivity index (χ3v) is 8.01. The molecule has 0 heterocycles. The van der Waals surface area contributed by atoms with Crippen molar-refractivity contribution in [2.45, 2.75) is 96.8 Å². The first-order valence-corrected chi connectivity index (χ1v) is 12.7. The lowest BCUT2D eigenvalue weighted by atomic mass is 9.80. The Hall–Kier alpha value is -2.02. The van der Waals surface area contributed by atoms with Gasteiger partial charge in [-0.15, -0.1) is 0 Å². The van der Waals surface area contributed by atoms with E-state index in [1.165, 1.54) is 72.8 Å². The van der Waals surface area contributed by atoms with Crippen LogP contribution in [0.5, 0.6) is 5.75 Å². The fourth-order valence-electron chi connectivity index (χ4n) is 6.60. The second kappa shape index (κ2) is 8.49. The van der Waals surface area contributed by atoms with E-state index in [4.69, 9.17) is 4.74 Å². The highest BCUT2D eigenvalue weighted by atomic mass is 16.5. The normalized spacial score (nSPS) is 20.7. The van der Waals surface area contributed by atoms with Gasteiger partial charge < -0.3 is 4.74 Å². The maximum atomic E-state index is 6.00. The van der Waals surface area contributed by atoms with Crippen molar-refractivity contribution < 1.29 is 4.74 Å². The Kier molecular flexibility index (Phi) is 5.71. The van der Waals surface area contributed by atoms with Crippen LogP contribution in [0.4, 0.5) is 0 Å². The third kappa shape index (κ3) is 3.55. The molecule has 1 saturated carbocycles. The minimum atomic E-state index is 0.779. The van der Waals surface area contributed by atoms with Gasteiger partial charge in [0.05, 0.1) is 7.11 Å². The van der Waals surface area contributed by atoms with Crippen LogP contribution in [0.1, 0.15) is 111 Å². The smallest absolute Gasteiger partial charge is 0.125 e. The standard InChI is InChI=1S/C30H38O/c1-5-7-9-22-16-25(17-23(10-8-6-2)30(22)31-4)29-26-14-19(3)13-24(26)18-27-20-11-12-21(15-20)28(27)29/h13,16-18,20-21H,5-12,14-15H2,1-4H3. The highest BCUT2D eigenvalue weighted by Crippen LogP contribution is 2.58. The predicted molar refractivity (Wildman–Crippen MR) is 132 cm³/mol. The summed E-state index contributed by atoms with van der Waals surface area (Å²) >= 11 is 0. The van der Waals surface area contributed by atoms with Gasteiger partial charge in [0.1, 0.15) is 5.75 Å². The Balaban J connectivity index is 1.71. The SMILES string of the molecule is CCCCc1cc(-c2c3c(cc4c2C2CCC4C2)C=C(C)C3)cc(CCCC)c1OC. The van der Waals surface area contributed by atoms with Gasteiger partial charge in [-0.2, -0.15) is 0 Å². The molecule has 164 valence electrons. The molecule has 0 N–H and O–H groups in total. The second-order valence-corrected chi connectivity index (χ2v) is 10.2. The molecule has 31 heavy (non-hydrogen) atoms. The largest absolute Gasteiger partial charge is 0.496 e. The number of methoxy groups -OCH3 is 1. The van der Waals surface area contributed by atoms with Gasteiger partial charge >= 0.3 is 0 Å². The van der Waals surface area contributed by atoms with E-state index in [0.29, 0.717) is 0 Å². The first-order valence-electron chi connectivity index (χ1n) is 12.7. The topological polar surface area (TPSA) is 9.23 Å². The number of fused-ring (bicyclic) bond motifs is 6. The molecule has 2 aromatic rings. The van der Waals surface area contributed by atoms with Gasteiger partial charge in [-0.25, -0.2) is 0 Å². The molecule has 0 spiro atoms. The Bertz CT molecular complexity index is 996. The van der Waals surface area contributed by atoms with Crippen LogP contribution in [-0.2, 0) is 19.3 Å². The van der Waals surface area contributed by atoms with Gasteiger partial charge in [-0.1, -0.05) is 44.4 Å². The summed E-state index contributed by atoms with van der Waals surface area (Å²) in [5.74, 6) is 2.74. The van der Waals surface area contributed by atoms with Gasteiger partial charge in [0, 0.05) is 0 Å². The molecule has 2 aromatic carbocycles. The minimum absolute atomic E-state index is 0.779. The number of aryl methyl sites for hydroxylation is 2. The van der Waals surface area contributed by atoms with E-state index >= 15 is 0 Å². The fourth-order valence-corrected chi connectivity index (χ4v) is 6.60. The van der Waals surface area contributed by atoms with Crippen molar-refractivity contribution in [2.75, 3.05) is 7.11 Å². The van der Waals surface area contributed by atoms with E-state index in [9.17, 15) is 0 Å². The van der Waals surface area contributed by atoms with Crippen LogP contribution < -0.4 is 4.74 Å². The van der Waals surface area contributed by atoms with Crippen molar-refractivity contribution in [2.24, 2.45) is 0 Å². The molecular formula is C30H38O. The number of rotatable bonds is 8. The van der Waals surface area contributed by atoms with E-state index in [-0.39, 0.29) is 0 Å². The molecule has 0 aliphatic heterocycles. The quantitative estimate of drug-likeness (QED) is 0.421. The predicted octanol–water partition coefficient (Wildman–Crippen LogP) is 8.37. The minimum Gasteiger partial charge on any atom is -0.496 e. The van der Waals surface area contributed by atoms with Crippen molar-refractivity contribution in [1.29, 1.82) is 0 Å². The molecule has 0 radical (unpaired) electrons. The Morgan fingerprint density at radius 1 is 0.935 bits per heavy atom. The molecule has 1 heteroatoms. The highest BCUT2D eigenvalue weighted by Gasteiger charge is 2.40. The van der Waals surface area contributed by atoms with Gasteiger partial charge in [0.2, 0.25) is 0 Å². The zero-order chi connectivity index (χ0) is 21.5.